The zero-order valence-electron chi connectivity index (χ0n) is 6.40. The SMILES string of the molecule is Oc1c(Cl)cc(Cl)c(OC(F)F)c1Cl. The van der Waals surface area contributed by atoms with Crippen molar-refractivity contribution in [3.63, 3.8) is 0 Å². The molecule has 0 aliphatic carbocycles. The van der Waals surface area contributed by atoms with Gasteiger partial charge in [-0.15, -0.1) is 0 Å². The highest BCUT2D eigenvalue weighted by atomic mass is 35.5. The first-order valence-electron chi connectivity index (χ1n) is 3.24. The standard InChI is InChI=1S/C7H3Cl3F2O2/c8-2-1-3(9)6(14-7(11)12)4(10)5(2)13/h1,7,13H. The predicted octanol–water partition coefficient (Wildman–Crippen LogP) is 3.95. The lowest BCUT2D eigenvalue weighted by Gasteiger charge is -2.10. The summed E-state index contributed by atoms with van der Waals surface area (Å²) in [5, 5.41) is 8.40. The molecule has 0 unspecified atom stereocenters. The molecule has 0 aliphatic rings. The fourth-order valence-corrected chi connectivity index (χ4v) is 1.61. The number of halogens is 5. The van der Waals surface area contributed by atoms with Gasteiger partial charge in [0.1, 0.15) is 5.02 Å². The number of alkyl halides is 2. The van der Waals surface area contributed by atoms with Crippen LogP contribution in [0.5, 0.6) is 11.5 Å². The third-order valence-corrected chi connectivity index (χ3v) is 2.23. The number of hydrogen-bond acceptors (Lipinski definition) is 2. The third kappa shape index (κ3) is 2.32. The van der Waals surface area contributed by atoms with Gasteiger partial charge in [0, 0.05) is 0 Å². The van der Waals surface area contributed by atoms with Gasteiger partial charge in [0.15, 0.2) is 11.5 Å². The molecule has 0 aliphatic heterocycles. The number of aromatic hydroxyl groups is 1. The molecule has 2 nitrogen and oxygen atoms in total. The van der Waals surface area contributed by atoms with E-state index < -0.39 is 23.1 Å². The van der Waals surface area contributed by atoms with E-state index >= 15 is 0 Å². The van der Waals surface area contributed by atoms with Crippen molar-refractivity contribution in [2.75, 3.05) is 0 Å². The molecule has 14 heavy (non-hydrogen) atoms. The summed E-state index contributed by atoms with van der Waals surface area (Å²) in [7, 11) is 0. The van der Waals surface area contributed by atoms with E-state index in [1.807, 2.05) is 0 Å². The largest absolute Gasteiger partial charge is 0.505 e. The molecule has 1 aromatic carbocycles. The van der Waals surface area contributed by atoms with Crippen molar-refractivity contribution in [1.82, 2.24) is 0 Å². The predicted molar refractivity (Wildman–Crippen MR) is 49.8 cm³/mol. The summed E-state index contributed by atoms with van der Waals surface area (Å²) in [6, 6.07) is 1.06. The van der Waals surface area contributed by atoms with Crippen LogP contribution in [0.25, 0.3) is 0 Å². The summed E-state index contributed by atoms with van der Waals surface area (Å²) in [6.07, 6.45) is 0. The number of rotatable bonds is 2. The van der Waals surface area contributed by atoms with Crippen molar-refractivity contribution in [3.05, 3.63) is 21.1 Å². The Morgan fingerprint density at radius 1 is 1.21 bits per heavy atom. The van der Waals surface area contributed by atoms with E-state index in [0.29, 0.717) is 0 Å². The van der Waals surface area contributed by atoms with E-state index in [9.17, 15) is 13.9 Å². The first kappa shape index (κ1) is 11.6. The van der Waals surface area contributed by atoms with Crippen LogP contribution >= 0.6 is 34.8 Å². The van der Waals surface area contributed by atoms with Crippen molar-refractivity contribution in [2.24, 2.45) is 0 Å². The van der Waals surface area contributed by atoms with Gasteiger partial charge in [0.2, 0.25) is 0 Å². The molecular formula is C7H3Cl3F2O2. The fourth-order valence-electron chi connectivity index (χ4n) is 0.760. The number of phenols is 1. The van der Waals surface area contributed by atoms with E-state index in [4.69, 9.17) is 34.8 Å². The van der Waals surface area contributed by atoms with E-state index in [2.05, 4.69) is 4.74 Å². The molecule has 1 N–H and O–H groups in total. The maximum Gasteiger partial charge on any atom is 0.387 e. The molecule has 0 spiro atoms. The van der Waals surface area contributed by atoms with Crippen molar-refractivity contribution in [2.45, 2.75) is 6.61 Å². The molecule has 0 heterocycles. The molecule has 0 fully saturated rings. The van der Waals surface area contributed by atoms with Crippen LogP contribution in [-0.2, 0) is 0 Å². The minimum absolute atomic E-state index is 0.137. The normalized spacial score (nSPS) is 10.7. The Balaban J connectivity index is 3.22. The highest BCUT2D eigenvalue weighted by Crippen LogP contribution is 2.44. The molecule has 78 valence electrons. The third-order valence-electron chi connectivity index (χ3n) is 1.31. The molecule has 0 atom stereocenters. The Morgan fingerprint density at radius 3 is 2.29 bits per heavy atom. The molecule has 0 bridgehead atoms. The molecule has 0 amide bonds. The Hall–Kier alpha value is -0.450. The summed E-state index contributed by atoms with van der Waals surface area (Å²) in [5.74, 6) is -1.04. The van der Waals surface area contributed by atoms with Gasteiger partial charge < -0.3 is 9.84 Å². The number of ether oxygens (including phenoxy) is 1. The molecule has 0 saturated heterocycles. The van der Waals surface area contributed by atoms with Crippen LogP contribution in [0.4, 0.5) is 8.78 Å². The van der Waals surface area contributed by atoms with Crippen LogP contribution in [-0.4, -0.2) is 11.7 Å². The molecule has 7 heteroatoms. The van der Waals surface area contributed by atoms with Crippen LogP contribution in [0.2, 0.25) is 15.1 Å². The van der Waals surface area contributed by atoms with Crippen LogP contribution in [0.1, 0.15) is 0 Å². The minimum Gasteiger partial charge on any atom is -0.505 e. The maximum absolute atomic E-state index is 11.9. The monoisotopic (exact) mass is 262 g/mol. The molecule has 0 radical (unpaired) electrons. The van der Waals surface area contributed by atoms with Gasteiger partial charge in [-0.25, -0.2) is 0 Å². The summed E-state index contributed by atoms with van der Waals surface area (Å²) < 4.78 is 27.7. The first-order valence-corrected chi connectivity index (χ1v) is 4.38. The average molecular weight is 263 g/mol. The number of hydrogen-bond donors (Lipinski definition) is 1. The average Bonchev–Trinajstić information content (AvgIpc) is 2.09. The topological polar surface area (TPSA) is 29.5 Å². The highest BCUT2D eigenvalue weighted by Gasteiger charge is 2.18. The number of benzene rings is 1. The lowest BCUT2D eigenvalue weighted by Crippen LogP contribution is -2.03. The van der Waals surface area contributed by atoms with Crippen molar-refractivity contribution in [3.8, 4) is 11.5 Å². The van der Waals surface area contributed by atoms with Gasteiger partial charge in [-0.2, -0.15) is 8.78 Å². The van der Waals surface area contributed by atoms with Gasteiger partial charge in [-0.3, -0.25) is 0 Å². The lowest BCUT2D eigenvalue weighted by atomic mass is 10.3. The van der Waals surface area contributed by atoms with E-state index in [0.717, 1.165) is 6.07 Å². The Bertz CT molecular complexity index is 357. The van der Waals surface area contributed by atoms with Gasteiger partial charge in [0.25, 0.3) is 0 Å². The van der Waals surface area contributed by atoms with Gasteiger partial charge in [0.05, 0.1) is 10.0 Å². The fraction of sp³-hybridized carbons (Fsp3) is 0.143. The van der Waals surface area contributed by atoms with Gasteiger partial charge >= 0.3 is 6.61 Å². The Labute approximate surface area is 92.9 Å². The van der Waals surface area contributed by atoms with Gasteiger partial charge in [-0.05, 0) is 6.07 Å². The zero-order valence-corrected chi connectivity index (χ0v) is 8.67. The maximum atomic E-state index is 11.9. The second-order valence-electron chi connectivity index (χ2n) is 2.21. The van der Waals surface area contributed by atoms with E-state index in [1.54, 1.807) is 0 Å². The quantitative estimate of drug-likeness (QED) is 0.875. The highest BCUT2D eigenvalue weighted by molar-refractivity contribution is 6.41. The summed E-state index contributed by atoms with van der Waals surface area (Å²) >= 11 is 16.4. The van der Waals surface area contributed by atoms with Crippen molar-refractivity contribution in [1.29, 1.82) is 0 Å². The van der Waals surface area contributed by atoms with Crippen molar-refractivity contribution < 1.29 is 18.6 Å². The first-order chi connectivity index (χ1) is 6.43. The Morgan fingerprint density at radius 2 is 1.79 bits per heavy atom. The summed E-state index contributed by atoms with van der Waals surface area (Å²) in [4.78, 5) is 0. The Kier molecular flexibility index (Phi) is 3.64. The molecule has 0 saturated carbocycles. The molecular weight excluding hydrogens is 260 g/mol. The lowest BCUT2D eigenvalue weighted by molar-refractivity contribution is -0.0497. The van der Waals surface area contributed by atoms with Crippen LogP contribution in [0.15, 0.2) is 6.07 Å². The summed E-state index contributed by atoms with van der Waals surface area (Å²) in [5.41, 5.74) is 0. The zero-order chi connectivity index (χ0) is 10.9. The van der Waals surface area contributed by atoms with Crippen LogP contribution in [0.3, 0.4) is 0 Å². The van der Waals surface area contributed by atoms with Gasteiger partial charge in [-0.1, -0.05) is 34.8 Å². The number of phenolic OH excluding ortho intramolecular Hbond substituents is 1. The molecule has 0 aromatic heterocycles. The minimum atomic E-state index is -3.08. The van der Waals surface area contributed by atoms with Crippen LogP contribution in [0, 0.1) is 0 Å². The molecule has 1 rings (SSSR count). The smallest absolute Gasteiger partial charge is 0.387 e. The van der Waals surface area contributed by atoms with E-state index in [1.165, 1.54) is 0 Å². The van der Waals surface area contributed by atoms with E-state index in [-0.39, 0.29) is 10.0 Å². The molecule has 1 aromatic rings. The second kappa shape index (κ2) is 4.38. The summed E-state index contributed by atoms with van der Waals surface area (Å²) in [6.45, 7) is -3.08. The van der Waals surface area contributed by atoms with Crippen LogP contribution < -0.4 is 4.74 Å². The second-order valence-corrected chi connectivity index (χ2v) is 3.40. The van der Waals surface area contributed by atoms with Crippen molar-refractivity contribution >= 4 is 34.8 Å².